The Hall–Kier alpha value is -3.28. The van der Waals surface area contributed by atoms with Crippen LogP contribution in [0.5, 0.6) is 0 Å². The van der Waals surface area contributed by atoms with Gasteiger partial charge in [0.15, 0.2) is 0 Å². The number of carbonyl (C=O) groups is 1. The topological polar surface area (TPSA) is 61.8 Å². The fourth-order valence-corrected chi connectivity index (χ4v) is 4.33. The Balaban J connectivity index is 1.54. The number of ether oxygens (including phenoxy) is 1. The van der Waals surface area contributed by atoms with Crippen molar-refractivity contribution in [1.29, 1.82) is 0 Å². The second-order valence-corrected chi connectivity index (χ2v) is 7.97. The first-order valence-corrected chi connectivity index (χ1v) is 10.6. The molecule has 1 saturated heterocycles. The quantitative estimate of drug-likeness (QED) is 0.440. The minimum absolute atomic E-state index is 0.0483. The lowest BCUT2D eigenvalue weighted by atomic mass is 9.97. The smallest absolute Gasteiger partial charge is 0.260 e. The molecule has 0 radical (unpaired) electrons. The second-order valence-electron chi connectivity index (χ2n) is 7.57. The van der Waals surface area contributed by atoms with Gasteiger partial charge in [-0.2, -0.15) is 0 Å². The Bertz CT molecular complexity index is 1170. The zero-order chi connectivity index (χ0) is 21.4. The summed E-state index contributed by atoms with van der Waals surface area (Å²) >= 11 is 6.57. The lowest BCUT2D eigenvalue weighted by molar-refractivity contribution is -0.110. The van der Waals surface area contributed by atoms with Gasteiger partial charge in [0.05, 0.1) is 29.5 Å². The zero-order valence-corrected chi connectivity index (χ0v) is 17.5. The highest BCUT2D eigenvalue weighted by molar-refractivity contribution is 6.38. The van der Waals surface area contributed by atoms with Gasteiger partial charge in [0.25, 0.3) is 5.91 Å². The van der Waals surface area contributed by atoms with Gasteiger partial charge in [-0.15, -0.1) is 0 Å². The lowest BCUT2D eigenvalue weighted by Crippen LogP contribution is -2.36. The fourth-order valence-electron chi connectivity index (χ4n) is 4.06. The highest BCUT2D eigenvalue weighted by atomic mass is 35.5. The van der Waals surface area contributed by atoms with Crippen LogP contribution in [-0.2, 0) is 9.53 Å². The number of fused-ring (bicyclic) bond motifs is 1. The van der Waals surface area contributed by atoms with E-state index in [1.807, 2.05) is 36.4 Å². The molecule has 5 nitrogen and oxygen atoms in total. The van der Waals surface area contributed by atoms with Crippen molar-refractivity contribution in [3.63, 3.8) is 0 Å². The van der Waals surface area contributed by atoms with Crippen LogP contribution in [0.4, 0.5) is 11.4 Å². The average molecular weight is 433 g/mol. The van der Waals surface area contributed by atoms with E-state index in [9.17, 15) is 9.90 Å². The molecule has 2 aliphatic rings. The third kappa shape index (κ3) is 3.67. The number of morpholine rings is 1. The summed E-state index contributed by atoms with van der Waals surface area (Å²) in [4.78, 5) is 14.9. The molecule has 0 unspecified atom stereocenters. The van der Waals surface area contributed by atoms with Gasteiger partial charge in [0.2, 0.25) is 0 Å². The summed E-state index contributed by atoms with van der Waals surface area (Å²) in [6, 6.07) is 20.9. The number of aliphatic hydroxyl groups excluding tert-OH is 1. The van der Waals surface area contributed by atoms with E-state index >= 15 is 0 Å². The van der Waals surface area contributed by atoms with Crippen molar-refractivity contribution < 1.29 is 14.6 Å². The average Bonchev–Trinajstić information content (AvgIpc) is 3.13. The second kappa shape index (κ2) is 8.10. The van der Waals surface area contributed by atoms with Gasteiger partial charge in [-0.25, -0.2) is 0 Å². The molecule has 0 saturated carbocycles. The number of hydrogen-bond donors (Lipinski definition) is 2. The van der Waals surface area contributed by atoms with E-state index in [4.69, 9.17) is 16.3 Å². The number of aliphatic hydroxyl groups is 1. The first-order valence-electron chi connectivity index (χ1n) is 10.2. The van der Waals surface area contributed by atoms with Gasteiger partial charge in [-0.05, 0) is 29.8 Å². The van der Waals surface area contributed by atoms with Crippen LogP contribution in [-0.4, -0.2) is 37.3 Å². The molecule has 1 fully saturated rings. The van der Waals surface area contributed by atoms with E-state index in [2.05, 4.69) is 22.3 Å². The number of hydrogen-bond acceptors (Lipinski definition) is 4. The molecule has 156 valence electrons. The number of halogens is 1. The summed E-state index contributed by atoms with van der Waals surface area (Å²) in [6.45, 7) is 3.22. The van der Waals surface area contributed by atoms with Gasteiger partial charge in [0, 0.05) is 35.5 Å². The lowest BCUT2D eigenvalue weighted by Gasteiger charge is -2.29. The van der Waals surface area contributed by atoms with Gasteiger partial charge in [-0.1, -0.05) is 54.1 Å². The third-order valence-electron chi connectivity index (χ3n) is 5.69. The molecule has 31 heavy (non-hydrogen) atoms. The standard InChI is InChI=1S/C25H21ClN2O3/c26-21-15-22-20(23(25(30)27-22)24(29)17-4-2-1-3-5-17)14-19(21)16-6-8-18(9-7-16)28-10-12-31-13-11-28/h1-9,14-15,29H,10-13H2,(H,27,30)/b24-23+. The Morgan fingerprint density at radius 3 is 2.39 bits per heavy atom. The molecule has 0 spiro atoms. The largest absolute Gasteiger partial charge is 0.506 e. The first-order chi connectivity index (χ1) is 15.1. The number of anilines is 2. The minimum atomic E-state index is -0.341. The maximum Gasteiger partial charge on any atom is 0.260 e. The highest BCUT2D eigenvalue weighted by Gasteiger charge is 2.29. The van der Waals surface area contributed by atoms with Crippen molar-refractivity contribution in [2.75, 3.05) is 36.5 Å². The van der Waals surface area contributed by atoms with E-state index in [-0.39, 0.29) is 17.2 Å². The van der Waals surface area contributed by atoms with Crippen molar-refractivity contribution in [1.82, 2.24) is 0 Å². The molecule has 0 aliphatic carbocycles. The van der Waals surface area contributed by atoms with E-state index in [1.165, 1.54) is 0 Å². The number of nitrogens with one attached hydrogen (secondary N) is 1. The van der Waals surface area contributed by atoms with E-state index in [0.717, 1.165) is 43.1 Å². The van der Waals surface area contributed by atoms with E-state index in [1.54, 1.807) is 18.2 Å². The van der Waals surface area contributed by atoms with Crippen LogP contribution >= 0.6 is 11.6 Å². The van der Waals surface area contributed by atoms with Crippen molar-refractivity contribution in [3.05, 3.63) is 82.9 Å². The summed E-state index contributed by atoms with van der Waals surface area (Å²) in [5.41, 5.74) is 4.98. The van der Waals surface area contributed by atoms with Crippen LogP contribution in [0.25, 0.3) is 22.5 Å². The monoisotopic (exact) mass is 432 g/mol. The molecule has 0 aromatic heterocycles. The summed E-state index contributed by atoms with van der Waals surface area (Å²) in [5.74, 6) is -0.389. The molecule has 0 bridgehead atoms. The Labute approximate surface area is 185 Å². The number of amides is 1. The maximum absolute atomic E-state index is 12.6. The Morgan fingerprint density at radius 1 is 0.968 bits per heavy atom. The van der Waals surface area contributed by atoms with E-state index in [0.29, 0.717) is 21.8 Å². The van der Waals surface area contributed by atoms with Crippen LogP contribution in [0.2, 0.25) is 5.02 Å². The molecule has 3 aromatic carbocycles. The third-order valence-corrected chi connectivity index (χ3v) is 6.00. The molecular weight excluding hydrogens is 412 g/mol. The number of carbonyl (C=O) groups excluding carboxylic acids is 1. The molecule has 2 heterocycles. The van der Waals surface area contributed by atoms with Crippen LogP contribution in [0.3, 0.4) is 0 Å². The van der Waals surface area contributed by atoms with Crippen LogP contribution < -0.4 is 10.2 Å². The molecule has 3 aromatic rings. The highest BCUT2D eigenvalue weighted by Crippen LogP contribution is 2.42. The van der Waals surface area contributed by atoms with Gasteiger partial charge >= 0.3 is 0 Å². The van der Waals surface area contributed by atoms with Gasteiger partial charge in [-0.3, -0.25) is 4.79 Å². The van der Waals surface area contributed by atoms with E-state index < -0.39 is 0 Å². The predicted octanol–water partition coefficient (Wildman–Crippen LogP) is 5.22. The Morgan fingerprint density at radius 2 is 1.68 bits per heavy atom. The summed E-state index contributed by atoms with van der Waals surface area (Å²) < 4.78 is 5.43. The zero-order valence-electron chi connectivity index (χ0n) is 16.8. The molecule has 0 atom stereocenters. The maximum atomic E-state index is 12.6. The molecule has 2 aliphatic heterocycles. The van der Waals surface area contributed by atoms with Crippen LogP contribution in [0.1, 0.15) is 11.1 Å². The predicted molar refractivity (Wildman–Crippen MR) is 124 cm³/mol. The van der Waals surface area contributed by atoms with Crippen molar-refractivity contribution in [3.8, 4) is 11.1 Å². The molecule has 2 N–H and O–H groups in total. The molecule has 6 heteroatoms. The minimum Gasteiger partial charge on any atom is -0.506 e. The molecule has 1 amide bonds. The Kier molecular flexibility index (Phi) is 5.14. The number of rotatable bonds is 3. The molecule has 5 rings (SSSR count). The van der Waals surface area contributed by atoms with Crippen molar-refractivity contribution in [2.45, 2.75) is 0 Å². The SMILES string of the molecule is O=C1Nc2cc(Cl)c(-c3ccc(N4CCOCC4)cc3)cc2/C1=C(\O)c1ccccc1. The van der Waals surface area contributed by atoms with Crippen LogP contribution in [0, 0.1) is 0 Å². The normalized spacial score (nSPS) is 17.3. The summed E-state index contributed by atoms with van der Waals surface area (Å²) in [7, 11) is 0. The number of nitrogens with zero attached hydrogens (tertiary/aromatic N) is 1. The summed E-state index contributed by atoms with van der Waals surface area (Å²) in [6.07, 6.45) is 0. The van der Waals surface area contributed by atoms with Gasteiger partial charge < -0.3 is 20.1 Å². The van der Waals surface area contributed by atoms with Crippen molar-refractivity contribution in [2.24, 2.45) is 0 Å². The first kappa shape index (κ1) is 19.7. The molecular formula is C25H21ClN2O3. The van der Waals surface area contributed by atoms with Gasteiger partial charge in [0.1, 0.15) is 5.76 Å². The number of benzene rings is 3. The van der Waals surface area contributed by atoms with Crippen molar-refractivity contribution >= 4 is 40.2 Å². The fraction of sp³-hybridized carbons (Fsp3) is 0.160. The summed E-state index contributed by atoms with van der Waals surface area (Å²) in [5, 5.41) is 14.2. The van der Waals surface area contributed by atoms with Crippen LogP contribution in [0.15, 0.2) is 66.7 Å².